The van der Waals surface area contributed by atoms with Gasteiger partial charge in [0.25, 0.3) is 5.69 Å². The van der Waals surface area contributed by atoms with Gasteiger partial charge in [-0.2, -0.15) is 5.10 Å². The van der Waals surface area contributed by atoms with Crippen LogP contribution >= 0.6 is 0 Å². The van der Waals surface area contributed by atoms with Crippen molar-refractivity contribution in [3.8, 4) is 5.75 Å². The second-order valence-corrected chi connectivity index (χ2v) is 6.29. The molecule has 0 saturated carbocycles. The van der Waals surface area contributed by atoms with Crippen molar-refractivity contribution >= 4 is 35.3 Å². The highest BCUT2D eigenvalue weighted by Gasteiger charge is 2.19. The van der Waals surface area contributed by atoms with E-state index in [1.165, 1.54) is 18.4 Å². The number of esters is 1. The summed E-state index contributed by atoms with van der Waals surface area (Å²) in [6.07, 6.45) is 4.23. The monoisotopic (exact) mass is 432 g/mol. The lowest BCUT2D eigenvalue weighted by Crippen LogP contribution is -2.06. The molecule has 0 bridgehead atoms. The van der Waals surface area contributed by atoms with E-state index in [1.807, 2.05) is 30.3 Å². The number of benzene rings is 3. The first kappa shape index (κ1) is 21.8. The normalized spacial score (nSPS) is 10.9. The van der Waals surface area contributed by atoms with Crippen LogP contribution in [0.5, 0.6) is 5.75 Å². The number of hydrazone groups is 1. The number of nitrogens with zero attached hydrogens (tertiary/aromatic N) is 3. The van der Waals surface area contributed by atoms with Crippen molar-refractivity contribution in [2.24, 2.45) is 5.10 Å². The molecular weight excluding hydrogens is 416 g/mol. The first-order valence-corrected chi connectivity index (χ1v) is 9.20. The molecule has 0 aliphatic heterocycles. The van der Waals surface area contributed by atoms with Gasteiger partial charge in [-0.05, 0) is 29.8 Å². The maximum absolute atomic E-state index is 12.1. The Hall–Kier alpha value is -4.86. The SMILES string of the molecule is O=C(/C=C/c1ccccc1)Oc1ccccc1/C=N\Nc1ccc([N+](=O)[O-])cc1[N+](=O)[O-]. The van der Waals surface area contributed by atoms with Crippen molar-refractivity contribution in [3.05, 3.63) is 110 Å². The minimum Gasteiger partial charge on any atom is -0.423 e. The fourth-order valence-electron chi connectivity index (χ4n) is 2.60. The molecule has 0 aromatic heterocycles. The standard InChI is InChI=1S/C22H16N4O6/c27-22(13-10-16-6-2-1-3-7-16)32-21-9-5-4-8-17(21)15-23-24-19-12-11-18(25(28)29)14-20(19)26(30)31/h1-15,24H/b13-10+,23-15-. The summed E-state index contributed by atoms with van der Waals surface area (Å²) in [6, 6.07) is 19.0. The van der Waals surface area contributed by atoms with Crippen molar-refractivity contribution in [1.29, 1.82) is 0 Å². The number of rotatable bonds is 8. The Labute approximate surface area is 181 Å². The fraction of sp³-hybridized carbons (Fsp3) is 0. The molecule has 0 amide bonds. The van der Waals surface area contributed by atoms with E-state index in [9.17, 15) is 25.0 Å². The van der Waals surface area contributed by atoms with E-state index >= 15 is 0 Å². The molecule has 0 aliphatic carbocycles. The van der Waals surface area contributed by atoms with Gasteiger partial charge in [-0.25, -0.2) is 4.79 Å². The third-order valence-corrected chi connectivity index (χ3v) is 4.12. The highest BCUT2D eigenvalue weighted by Crippen LogP contribution is 2.29. The Morgan fingerprint density at radius 1 is 0.938 bits per heavy atom. The number of anilines is 1. The van der Waals surface area contributed by atoms with Crippen LogP contribution in [0.1, 0.15) is 11.1 Å². The van der Waals surface area contributed by atoms with Crippen LogP contribution in [0.25, 0.3) is 6.08 Å². The van der Waals surface area contributed by atoms with E-state index in [2.05, 4.69) is 10.5 Å². The smallest absolute Gasteiger partial charge is 0.336 e. The molecule has 0 radical (unpaired) electrons. The van der Waals surface area contributed by atoms with Crippen LogP contribution in [0.4, 0.5) is 17.1 Å². The third kappa shape index (κ3) is 5.83. The first-order chi connectivity index (χ1) is 15.4. The second kappa shape index (κ2) is 10.3. The van der Waals surface area contributed by atoms with Gasteiger partial charge in [-0.3, -0.25) is 25.7 Å². The Morgan fingerprint density at radius 2 is 1.66 bits per heavy atom. The molecule has 0 aliphatic rings. The van der Waals surface area contributed by atoms with Crippen LogP contribution < -0.4 is 10.2 Å². The second-order valence-electron chi connectivity index (χ2n) is 6.29. The molecule has 0 heterocycles. The quantitative estimate of drug-likeness (QED) is 0.137. The number of nitrogens with one attached hydrogen (secondary N) is 1. The lowest BCUT2D eigenvalue weighted by molar-refractivity contribution is -0.393. The molecule has 0 atom stereocenters. The molecular formula is C22H16N4O6. The van der Waals surface area contributed by atoms with Crippen molar-refractivity contribution in [2.45, 2.75) is 0 Å². The van der Waals surface area contributed by atoms with E-state index in [4.69, 9.17) is 4.74 Å². The topological polar surface area (TPSA) is 137 Å². The number of carbonyl (C=O) groups is 1. The average Bonchev–Trinajstić information content (AvgIpc) is 2.79. The molecule has 1 N–H and O–H groups in total. The predicted molar refractivity (Wildman–Crippen MR) is 119 cm³/mol. The van der Waals surface area contributed by atoms with Crippen molar-refractivity contribution in [1.82, 2.24) is 0 Å². The average molecular weight is 432 g/mol. The van der Waals surface area contributed by atoms with Gasteiger partial charge in [0.15, 0.2) is 0 Å². The van der Waals surface area contributed by atoms with Crippen LogP contribution in [0.2, 0.25) is 0 Å². The summed E-state index contributed by atoms with van der Waals surface area (Å²) in [5, 5.41) is 26.0. The summed E-state index contributed by atoms with van der Waals surface area (Å²) in [5.74, 6) is -0.354. The van der Waals surface area contributed by atoms with Crippen molar-refractivity contribution in [3.63, 3.8) is 0 Å². The summed E-state index contributed by atoms with van der Waals surface area (Å²) in [5.41, 5.74) is 2.83. The fourth-order valence-corrected chi connectivity index (χ4v) is 2.60. The predicted octanol–water partition coefficient (Wildman–Crippen LogP) is 4.57. The van der Waals surface area contributed by atoms with E-state index in [-0.39, 0.29) is 11.4 Å². The Bertz CT molecular complexity index is 1210. The zero-order valence-corrected chi connectivity index (χ0v) is 16.5. The number of ether oxygens (including phenoxy) is 1. The number of nitro groups is 2. The Balaban J connectivity index is 1.72. The molecule has 10 nitrogen and oxygen atoms in total. The summed E-state index contributed by atoms with van der Waals surface area (Å²) >= 11 is 0. The van der Waals surface area contributed by atoms with Crippen molar-refractivity contribution < 1.29 is 19.4 Å². The Morgan fingerprint density at radius 3 is 2.38 bits per heavy atom. The van der Waals surface area contributed by atoms with Crippen LogP contribution in [0.3, 0.4) is 0 Å². The number of nitro benzene ring substituents is 2. The zero-order valence-electron chi connectivity index (χ0n) is 16.5. The number of hydrogen-bond acceptors (Lipinski definition) is 8. The van der Waals surface area contributed by atoms with E-state index < -0.39 is 27.2 Å². The Kier molecular flexibility index (Phi) is 7.00. The maximum atomic E-state index is 12.1. The summed E-state index contributed by atoms with van der Waals surface area (Å²) in [4.78, 5) is 32.7. The molecule has 32 heavy (non-hydrogen) atoms. The van der Waals surface area contributed by atoms with Crippen LogP contribution in [-0.4, -0.2) is 22.0 Å². The lowest BCUT2D eigenvalue weighted by atomic mass is 10.2. The third-order valence-electron chi connectivity index (χ3n) is 4.12. The first-order valence-electron chi connectivity index (χ1n) is 9.20. The van der Waals surface area contributed by atoms with Gasteiger partial charge >= 0.3 is 11.7 Å². The lowest BCUT2D eigenvalue weighted by Gasteiger charge is -2.05. The minimum absolute atomic E-state index is 0.0304. The number of non-ortho nitro benzene ring substituents is 1. The van der Waals surface area contributed by atoms with Gasteiger partial charge < -0.3 is 4.74 Å². The maximum Gasteiger partial charge on any atom is 0.336 e. The van der Waals surface area contributed by atoms with Crippen LogP contribution in [0, 0.1) is 20.2 Å². The van der Waals surface area contributed by atoms with E-state index in [0.717, 1.165) is 17.7 Å². The summed E-state index contributed by atoms with van der Waals surface area (Å²) < 4.78 is 5.35. The number of hydrogen-bond donors (Lipinski definition) is 1. The minimum atomic E-state index is -0.750. The van der Waals surface area contributed by atoms with E-state index in [1.54, 1.807) is 30.3 Å². The molecule has 3 aromatic carbocycles. The molecule has 10 heteroatoms. The summed E-state index contributed by atoms with van der Waals surface area (Å²) in [7, 11) is 0. The highest BCUT2D eigenvalue weighted by molar-refractivity contribution is 5.91. The van der Waals surface area contributed by atoms with Crippen LogP contribution in [0.15, 0.2) is 84.0 Å². The zero-order chi connectivity index (χ0) is 22.9. The highest BCUT2D eigenvalue weighted by atomic mass is 16.6. The molecule has 0 saturated heterocycles. The van der Waals surface area contributed by atoms with Gasteiger partial charge in [-0.15, -0.1) is 0 Å². The molecule has 0 fully saturated rings. The molecule has 0 unspecified atom stereocenters. The summed E-state index contributed by atoms with van der Waals surface area (Å²) in [6.45, 7) is 0. The molecule has 3 aromatic rings. The van der Waals surface area contributed by atoms with Gasteiger partial charge in [0.05, 0.1) is 22.1 Å². The molecule has 0 spiro atoms. The largest absolute Gasteiger partial charge is 0.423 e. The molecule has 3 rings (SSSR count). The van der Waals surface area contributed by atoms with Gasteiger partial charge in [0.2, 0.25) is 0 Å². The molecule has 160 valence electrons. The van der Waals surface area contributed by atoms with Gasteiger partial charge in [0.1, 0.15) is 11.4 Å². The number of para-hydroxylation sites is 1. The van der Waals surface area contributed by atoms with Crippen LogP contribution in [-0.2, 0) is 4.79 Å². The van der Waals surface area contributed by atoms with E-state index in [0.29, 0.717) is 5.56 Å². The van der Waals surface area contributed by atoms with Gasteiger partial charge in [0, 0.05) is 17.7 Å². The van der Waals surface area contributed by atoms with Crippen molar-refractivity contribution in [2.75, 3.05) is 5.43 Å². The number of carbonyl (C=O) groups excluding carboxylic acids is 1. The van der Waals surface area contributed by atoms with Gasteiger partial charge in [-0.1, -0.05) is 42.5 Å².